The standard InChI is InChI=1S/C17H23ClN2O3/c1-17(2,3)23-16(22)20-9-8-13(11-20)15(21)19-10-12-4-6-14(18)7-5-12/h4-7,13H,8-11H2,1-3H3,(H,19,21). The number of nitrogens with zero attached hydrogens (tertiary/aromatic N) is 1. The molecule has 126 valence electrons. The number of ether oxygens (including phenoxy) is 1. The van der Waals surface area contributed by atoms with Gasteiger partial charge in [-0.15, -0.1) is 0 Å². The van der Waals surface area contributed by atoms with Crippen molar-refractivity contribution in [3.63, 3.8) is 0 Å². The summed E-state index contributed by atoms with van der Waals surface area (Å²) in [7, 11) is 0. The number of hydrogen-bond donors (Lipinski definition) is 1. The molecule has 1 N–H and O–H groups in total. The second kappa shape index (κ2) is 7.21. The summed E-state index contributed by atoms with van der Waals surface area (Å²) in [4.78, 5) is 25.8. The minimum atomic E-state index is -0.522. The lowest BCUT2D eigenvalue weighted by atomic mass is 10.1. The summed E-state index contributed by atoms with van der Waals surface area (Å²) in [5.74, 6) is -0.221. The molecular formula is C17H23ClN2O3. The molecule has 0 radical (unpaired) electrons. The molecule has 6 heteroatoms. The Labute approximate surface area is 141 Å². The van der Waals surface area contributed by atoms with E-state index in [1.165, 1.54) is 0 Å². The first-order valence-corrected chi connectivity index (χ1v) is 8.12. The Kier molecular flexibility index (Phi) is 5.52. The van der Waals surface area contributed by atoms with E-state index in [1.54, 1.807) is 17.0 Å². The maximum absolute atomic E-state index is 12.2. The molecule has 0 spiro atoms. The molecule has 1 heterocycles. The van der Waals surface area contributed by atoms with Crippen molar-refractivity contribution in [1.82, 2.24) is 10.2 Å². The molecule has 23 heavy (non-hydrogen) atoms. The molecule has 1 aromatic carbocycles. The summed E-state index contributed by atoms with van der Waals surface area (Å²) in [6, 6.07) is 7.35. The van der Waals surface area contributed by atoms with E-state index in [9.17, 15) is 9.59 Å². The third kappa shape index (κ3) is 5.43. The second-order valence-corrected chi connectivity index (χ2v) is 7.19. The molecule has 1 aliphatic heterocycles. The fourth-order valence-electron chi connectivity index (χ4n) is 2.40. The third-order valence-corrected chi connectivity index (χ3v) is 3.84. The second-order valence-electron chi connectivity index (χ2n) is 6.76. The Hall–Kier alpha value is -1.75. The number of rotatable bonds is 3. The topological polar surface area (TPSA) is 58.6 Å². The third-order valence-electron chi connectivity index (χ3n) is 3.59. The number of halogens is 1. The van der Waals surface area contributed by atoms with Crippen molar-refractivity contribution < 1.29 is 14.3 Å². The van der Waals surface area contributed by atoms with Crippen LogP contribution in [0, 0.1) is 5.92 Å². The number of amides is 2. The van der Waals surface area contributed by atoms with Crippen molar-refractivity contribution in [2.24, 2.45) is 5.92 Å². The van der Waals surface area contributed by atoms with Gasteiger partial charge in [-0.2, -0.15) is 0 Å². The van der Waals surface area contributed by atoms with Crippen LogP contribution in [-0.4, -0.2) is 35.6 Å². The van der Waals surface area contributed by atoms with Crippen LogP contribution in [0.3, 0.4) is 0 Å². The van der Waals surface area contributed by atoms with Crippen molar-refractivity contribution in [2.75, 3.05) is 13.1 Å². The summed E-state index contributed by atoms with van der Waals surface area (Å²) in [5, 5.41) is 3.58. The van der Waals surface area contributed by atoms with Gasteiger partial charge in [-0.1, -0.05) is 23.7 Å². The summed E-state index contributed by atoms with van der Waals surface area (Å²) in [5.41, 5.74) is 0.469. The van der Waals surface area contributed by atoms with Crippen LogP contribution in [0.15, 0.2) is 24.3 Å². The fraction of sp³-hybridized carbons (Fsp3) is 0.529. The number of likely N-dealkylation sites (tertiary alicyclic amines) is 1. The van der Waals surface area contributed by atoms with Gasteiger partial charge < -0.3 is 15.0 Å². The van der Waals surface area contributed by atoms with Crippen molar-refractivity contribution >= 4 is 23.6 Å². The summed E-state index contributed by atoms with van der Waals surface area (Å²) < 4.78 is 5.33. The average Bonchev–Trinajstić information content (AvgIpc) is 2.94. The predicted molar refractivity (Wildman–Crippen MR) is 89.2 cm³/mol. The summed E-state index contributed by atoms with van der Waals surface area (Å²) in [6.07, 6.45) is 0.302. The van der Waals surface area contributed by atoms with Crippen LogP contribution in [0.4, 0.5) is 4.79 Å². The minimum absolute atomic E-state index is 0.0361. The number of hydrogen-bond acceptors (Lipinski definition) is 3. The highest BCUT2D eigenvalue weighted by Crippen LogP contribution is 2.20. The van der Waals surface area contributed by atoms with Gasteiger partial charge >= 0.3 is 6.09 Å². The molecule has 1 fully saturated rings. The van der Waals surface area contributed by atoms with Crippen molar-refractivity contribution in [3.8, 4) is 0 Å². The number of carbonyl (C=O) groups is 2. The molecule has 1 aliphatic rings. The number of carbonyl (C=O) groups excluding carboxylic acids is 2. The van der Waals surface area contributed by atoms with Crippen molar-refractivity contribution in [3.05, 3.63) is 34.9 Å². The zero-order chi connectivity index (χ0) is 17.0. The van der Waals surface area contributed by atoms with E-state index < -0.39 is 5.60 Å². The number of nitrogens with one attached hydrogen (secondary N) is 1. The SMILES string of the molecule is CC(C)(C)OC(=O)N1CCC(C(=O)NCc2ccc(Cl)cc2)C1. The van der Waals surface area contributed by atoms with Gasteiger partial charge in [-0.05, 0) is 44.9 Å². The first-order chi connectivity index (χ1) is 10.7. The van der Waals surface area contributed by atoms with E-state index >= 15 is 0 Å². The lowest BCUT2D eigenvalue weighted by molar-refractivity contribution is -0.124. The highest BCUT2D eigenvalue weighted by Gasteiger charge is 2.33. The first kappa shape index (κ1) is 17.6. The van der Waals surface area contributed by atoms with E-state index in [0.717, 1.165) is 5.56 Å². The molecular weight excluding hydrogens is 316 g/mol. The van der Waals surface area contributed by atoms with Crippen molar-refractivity contribution in [2.45, 2.75) is 39.3 Å². The van der Waals surface area contributed by atoms with E-state index in [0.29, 0.717) is 31.1 Å². The molecule has 2 rings (SSSR count). The Morgan fingerprint density at radius 1 is 1.30 bits per heavy atom. The summed E-state index contributed by atoms with van der Waals surface area (Å²) >= 11 is 5.83. The van der Waals surface area contributed by atoms with E-state index in [1.807, 2.05) is 32.9 Å². The Bertz CT molecular complexity index is 566. The Morgan fingerprint density at radius 3 is 2.57 bits per heavy atom. The highest BCUT2D eigenvalue weighted by molar-refractivity contribution is 6.30. The van der Waals surface area contributed by atoms with Gasteiger partial charge in [0.1, 0.15) is 5.60 Å². The Morgan fingerprint density at radius 2 is 1.96 bits per heavy atom. The smallest absolute Gasteiger partial charge is 0.410 e. The molecule has 5 nitrogen and oxygen atoms in total. The molecule has 1 atom stereocenters. The molecule has 0 bridgehead atoms. The minimum Gasteiger partial charge on any atom is -0.444 e. The first-order valence-electron chi connectivity index (χ1n) is 7.75. The normalized spacial score (nSPS) is 17.9. The van der Waals surface area contributed by atoms with Crippen LogP contribution in [0.5, 0.6) is 0 Å². The van der Waals surface area contributed by atoms with Gasteiger partial charge in [-0.25, -0.2) is 4.79 Å². The number of benzene rings is 1. The molecule has 0 aliphatic carbocycles. The van der Waals surface area contributed by atoms with Crippen LogP contribution in [0.2, 0.25) is 5.02 Å². The van der Waals surface area contributed by atoms with Crippen molar-refractivity contribution in [1.29, 1.82) is 0 Å². The maximum Gasteiger partial charge on any atom is 0.410 e. The molecule has 0 saturated carbocycles. The highest BCUT2D eigenvalue weighted by atomic mass is 35.5. The lowest BCUT2D eigenvalue weighted by Gasteiger charge is -2.24. The van der Waals surface area contributed by atoms with E-state index in [-0.39, 0.29) is 17.9 Å². The summed E-state index contributed by atoms with van der Waals surface area (Å²) in [6.45, 7) is 6.90. The van der Waals surface area contributed by atoms with Gasteiger partial charge in [-0.3, -0.25) is 4.79 Å². The monoisotopic (exact) mass is 338 g/mol. The van der Waals surface area contributed by atoms with Gasteiger partial charge in [0.2, 0.25) is 5.91 Å². The zero-order valence-electron chi connectivity index (χ0n) is 13.8. The molecule has 1 aromatic rings. The maximum atomic E-state index is 12.2. The van der Waals surface area contributed by atoms with E-state index in [2.05, 4.69) is 5.32 Å². The van der Waals surface area contributed by atoms with Crippen LogP contribution in [0.1, 0.15) is 32.8 Å². The fourth-order valence-corrected chi connectivity index (χ4v) is 2.53. The Balaban J connectivity index is 1.80. The van der Waals surface area contributed by atoms with Crippen LogP contribution in [0.25, 0.3) is 0 Å². The van der Waals surface area contributed by atoms with Gasteiger partial charge in [0.25, 0.3) is 0 Å². The van der Waals surface area contributed by atoms with Crippen LogP contribution < -0.4 is 5.32 Å². The largest absolute Gasteiger partial charge is 0.444 e. The van der Waals surface area contributed by atoms with Gasteiger partial charge in [0, 0.05) is 24.7 Å². The molecule has 1 unspecified atom stereocenters. The molecule has 1 saturated heterocycles. The van der Waals surface area contributed by atoms with E-state index in [4.69, 9.17) is 16.3 Å². The quantitative estimate of drug-likeness (QED) is 0.920. The molecule has 0 aromatic heterocycles. The average molecular weight is 339 g/mol. The molecule has 2 amide bonds. The van der Waals surface area contributed by atoms with Crippen LogP contribution in [-0.2, 0) is 16.1 Å². The van der Waals surface area contributed by atoms with Crippen LogP contribution >= 0.6 is 11.6 Å². The van der Waals surface area contributed by atoms with Gasteiger partial charge in [0.05, 0.1) is 5.92 Å². The lowest BCUT2D eigenvalue weighted by Crippen LogP contribution is -2.37. The zero-order valence-corrected chi connectivity index (χ0v) is 14.5. The predicted octanol–water partition coefficient (Wildman–Crippen LogP) is 3.21. The van der Waals surface area contributed by atoms with Gasteiger partial charge in [0.15, 0.2) is 0 Å².